The molecule has 0 saturated carbocycles. The van der Waals surface area contributed by atoms with Crippen molar-refractivity contribution in [1.29, 1.82) is 0 Å². The van der Waals surface area contributed by atoms with Crippen LogP contribution in [0, 0.1) is 0 Å². The number of aromatic nitrogens is 2. The van der Waals surface area contributed by atoms with Crippen LogP contribution in [-0.4, -0.2) is 23.2 Å². The third-order valence-electron chi connectivity index (χ3n) is 3.58. The molecular weight excluding hydrogens is 238 g/mol. The number of hydrogen-bond donors (Lipinski definition) is 1. The Labute approximate surface area is 113 Å². The van der Waals surface area contributed by atoms with Crippen LogP contribution < -0.4 is 5.32 Å². The van der Waals surface area contributed by atoms with Gasteiger partial charge in [-0.05, 0) is 37.1 Å². The number of rotatable bonds is 4. The molecule has 0 aliphatic carbocycles. The molecule has 1 saturated heterocycles. The Bertz CT molecular complexity index is 544. The molecule has 1 fully saturated rings. The molecule has 1 unspecified atom stereocenters. The van der Waals surface area contributed by atoms with Crippen molar-refractivity contribution < 1.29 is 4.74 Å². The summed E-state index contributed by atoms with van der Waals surface area (Å²) in [4.78, 5) is 4.31. The van der Waals surface area contributed by atoms with Crippen molar-refractivity contribution >= 4 is 0 Å². The zero-order valence-electron chi connectivity index (χ0n) is 11.2. The van der Waals surface area contributed by atoms with Gasteiger partial charge >= 0.3 is 0 Å². The number of benzene rings is 1. The Balaban J connectivity index is 1.93. The fourth-order valence-corrected chi connectivity index (χ4v) is 2.68. The molecule has 3 rings (SSSR count). The molecule has 0 spiro atoms. The quantitative estimate of drug-likeness (QED) is 0.914. The molecule has 0 amide bonds. The normalized spacial score (nSPS) is 18.9. The molecule has 1 atom stereocenters. The highest BCUT2D eigenvalue weighted by molar-refractivity contribution is 5.38. The van der Waals surface area contributed by atoms with E-state index >= 15 is 0 Å². The maximum atomic E-state index is 5.19. The van der Waals surface area contributed by atoms with Gasteiger partial charge in [-0.2, -0.15) is 0 Å². The van der Waals surface area contributed by atoms with Crippen molar-refractivity contribution in [2.75, 3.05) is 13.7 Å². The molecule has 100 valence electrons. The van der Waals surface area contributed by atoms with E-state index in [9.17, 15) is 0 Å². The van der Waals surface area contributed by atoms with E-state index in [2.05, 4.69) is 39.1 Å². The molecule has 2 heterocycles. The second-order valence-electron chi connectivity index (χ2n) is 4.94. The highest BCUT2D eigenvalue weighted by atomic mass is 16.5. The summed E-state index contributed by atoms with van der Waals surface area (Å²) in [6.45, 7) is 1.74. The smallest absolute Gasteiger partial charge is 0.0994 e. The SMILES string of the molecule is COCc1cccc(-n2cncc2C2CCCN2)c1. The molecule has 19 heavy (non-hydrogen) atoms. The first-order chi connectivity index (χ1) is 9.38. The number of methoxy groups -OCH3 is 1. The molecule has 4 heteroatoms. The highest BCUT2D eigenvalue weighted by Crippen LogP contribution is 2.25. The predicted molar refractivity (Wildman–Crippen MR) is 74.3 cm³/mol. The molecule has 0 bridgehead atoms. The first kappa shape index (κ1) is 12.4. The largest absolute Gasteiger partial charge is 0.380 e. The summed E-state index contributed by atoms with van der Waals surface area (Å²) in [5.74, 6) is 0. The molecule has 1 aliphatic rings. The van der Waals surface area contributed by atoms with E-state index in [1.807, 2.05) is 12.5 Å². The minimum Gasteiger partial charge on any atom is -0.380 e. The Kier molecular flexibility index (Phi) is 3.62. The molecule has 1 aliphatic heterocycles. The number of imidazole rings is 1. The molecule has 1 aromatic heterocycles. The lowest BCUT2D eigenvalue weighted by atomic mass is 10.1. The van der Waals surface area contributed by atoms with Crippen molar-refractivity contribution in [2.24, 2.45) is 0 Å². The number of ether oxygens (including phenoxy) is 1. The minimum atomic E-state index is 0.425. The van der Waals surface area contributed by atoms with Gasteiger partial charge in [-0.15, -0.1) is 0 Å². The van der Waals surface area contributed by atoms with Crippen molar-refractivity contribution in [2.45, 2.75) is 25.5 Å². The van der Waals surface area contributed by atoms with Gasteiger partial charge in [0, 0.05) is 18.8 Å². The first-order valence-corrected chi connectivity index (χ1v) is 6.72. The van der Waals surface area contributed by atoms with Crippen LogP contribution in [0.25, 0.3) is 5.69 Å². The zero-order chi connectivity index (χ0) is 13.1. The van der Waals surface area contributed by atoms with Crippen molar-refractivity contribution in [3.63, 3.8) is 0 Å². The summed E-state index contributed by atoms with van der Waals surface area (Å²) in [6, 6.07) is 8.84. The molecule has 4 nitrogen and oxygen atoms in total. The summed E-state index contributed by atoms with van der Waals surface area (Å²) in [6.07, 6.45) is 6.27. The van der Waals surface area contributed by atoms with Crippen LogP contribution in [0.2, 0.25) is 0 Å². The van der Waals surface area contributed by atoms with Crippen molar-refractivity contribution in [1.82, 2.24) is 14.9 Å². The zero-order valence-corrected chi connectivity index (χ0v) is 11.2. The topological polar surface area (TPSA) is 39.1 Å². The Morgan fingerprint density at radius 2 is 2.42 bits per heavy atom. The van der Waals surface area contributed by atoms with E-state index in [0.717, 1.165) is 12.2 Å². The molecule has 1 N–H and O–H groups in total. The van der Waals surface area contributed by atoms with Gasteiger partial charge in [0.2, 0.25) is 0 Å². The lowest BCUT2D eigenvalue weighted by Gasteiger charge is -2.14. The third kappa shape index (κ3) is 2.55. The number of hydrogen-bond acceptors (Lipinski definition) is 3. The third-order valence-corrected chi connectivity index (χ3v) is 3.58. The van der Waals surface area contributed by atoms with Crippen LogP contribution in [0.5, 0.6) is 0 Å². The summed E-state index contributed by atoms with van der Waals surface area (Å²) in [5.41, 5.74) is 3.57. The Hall–Kier alpha value is -1.65. The van der Waals surface area contributed by atoms with Gasteiger partial charge in [-0.3, -0.25) is 0 Å². The first-order valence-electron chi connectivity index (χ1n) is 6.72. The molecule has 2 aromatic rings. The lowest BCUT2D eigenvalue weighted by molar-refractivity contribution is 0.185. The summed E-state index contributed by atoms with van der Waals surface area (Å²) in [5, 5.41) is 3.52. The summed E-state index contributed by atoms with van der Waals surface area (Å²) in [7, 11) is 1.72. The van der Waals surface area contributed by atoms with Gasteiger partial charge in [0.05, 0.1) is 24.8 Å². The molecule has 1 aromatic carbocycles. The van der Waals surface area contributed by atoms with Crippen LogP contribution in [0.1, 0.15) is 30.1 Å². The van der Waals surface area contributed by atoms with Gasteiger partial charge in [0.1, 0.15) is 0 Å². The fraction of sp³-hybridized carbons (Fsp3) is 0.400. The summed E-state index contributed by atoms with van der Waals surface area (Å²) < 4.78 is 7.36. The number of nitrogens with zero attached hydrogens (tertiary/aromatic N) is 2. The van der Waals surface area contributed by atoms with Gasteiger partial charge < -0.3 is 14.6 Å². The van der Waals surface area contributed by atoms with Gasteiger partial charge in [0.25, 0.3) is 0 Å². The van der Waals surface area contributed by atoms with Crippen LogP contribution in [0.3, 0.4) is 0 Å². The monoisotopic (exact) mass is 257 g/mol. The lowest BCUT2D eigenvalue weighted by Crippen LogP contribution is -2.16. The standard InChI is InChI=1S/C15H19N3O/c1-19-10-12-4-2-5-13(8-12)18-11-16-9-15(18)14-6-3-7-17-14/h2,4-5,8-9,11,14,17H,3,6-7,10H2,1H3. The van der Waals surface area contributed by atoms with Crippen LogP contribution in [0.4, 0.5) is 0 Å². The van der Waals surface area contributed by atoms with E-state index in [4.69, 9.17) is 4.74 Å². The highest BCUT2D eigenvalue weighted by Gasteiger charge is 2.20. The van der Waals surface area contributed by atoms with Gasteiger partial charge in [0.15, 0.2) is 0 Å². The second kappa shape index (κ2) is 5.55. The average Bonchev–Trinajstić information content (AvgIpc) is 3.10. The van der Waals surface area contributed by atoms with Crippen LogP contribution in [0.15, 0.2) is 36.8 Å². The second-order valence-corrected chi connectivity index (χ2v) is 4.94. The number of nitrogens with one attached hydrogen (secondary N) is 1. The Morgan fingerprint density at radius 1 is 1.47 bits per heavy atom. The van der Waals surface area contributed by atoms with Crippen molar-refractivity contribution in [3.8, 4) is 5.69 Å². The van der Waals surface area contributed by atoms with E-state index < -0.39 is 0 Å². The van der Waals surface area contributed by atoms with E-state index in [-0.39, 0.29) is 0 Å². The van der Waals surface area contributed by atoms with Crippen molar-refractivity contribution in [3.05, 3.63) is 48.0 Å². The van der Waals surface area contributed by atoms with E-state index in [1.165, 1.54) is 24.1 Å². The van der Waals surface area contributed by atoms with Gasteiger partial charge in [-0.1, -0.05) is 12.1 Å². The minimum absolute atomic E-state index is 0.425. The maximum Gasteiger partial charge on any atom is 0.0994 e. The average molecular weight is 257 g/mol. The fourth-order valence-electron chi connectivity index (χ4n) is 2.68. The summed E-state index contributed by atoms with van der Waals surface area (Å²) >= 11 is 0. The van der Waals surface area contributed by atoms with E-state index in [0.29, 0.717) is 12.6 Å². The van der Waals surface area contributed by atoms with Crippen LogP contribution in [-0.2, 0) is 11.3 Å². The van der Waals surface area contributed by atoms with Gasteiger partial charge in [-0.25, -0.2) is 4.98 Å². The predicted octanol–water partition coefficient (Wildman–Crippen LogP) is 2.44. The van der Waals surface area contributed by atoms with Crippen LogP contribution >= 0.6 is 0 Å². The Morgan fingerprint density at radius 3 is 3.21 bits per heavy atom. The van der Waals surface area contributed by atoms with E-state index in [1.54, 1.807) is 7.11 Å². The maximum absolute atomic E-state index is 5.19. The molecular formula is C15H19N3O. The molecule has 0 radical (unpaired) electrons.